The number of hydrogen-bond acceptors (Lipinski definition) is 3. The number of benzene rings is 10. The molecule has 0 aliphatic heterocycles. The lowest BCUT2D eigenvalue weighted by Crippen LogP contribution is -2.14. The van der Waals surface area contributed by atoms with E-state index in [1.54, 1.807) is 0 Å². The molecule has 0 radical (unpaired) electrons. The Kier molecular flexibility index (Phi) is 7.36. The highest BCUT2D eigenvalue weighted by Gasteiger charge is 2.35. The summed E-state index contributed by atoms with van der Waals surface area (Å²) in [6.45, 7) is 4.67. The lowest BCUT2D eigenvalue weighted by Gasteiger charge is -2.28. The van der Waals surface area contributed by atoms with Gasteiger partial charge in [-0.05, 0) is 86.6 Å². The molecule has 0 bridgehead atoms. The van der Waals surface area contributed by atoms with Crippen molar-refractivity contribution >= 4 is 82.5 Å². The Hall–Kier alpha value is -7.88. The molecule has 10 aromatic carbocycles. The SMILES string of the molecule is CC1(C)c2ccccc2-c2cc(-c3ccc(N(c4ccccc4-c4cccc5c4oc4c6ccccc6ccc54)c4cccc5c4oc4c6ccccc6ccc54)cc3)ccc21. The maximum Gasteiger partial charge on any atom is 0.159 e. The minimum Gasteiger partial charge on any atom is -0.455 e. The normalized spacial score (nSPS) is 13.1. The fraction of sp³-hybridized carbons (Fsp3) is 0.0508. The third-order valence-electron chi connectivity index (χ3n) is 13.5. The molecule has 0 saturated carbocycles. The van der Waals surface area contributed by atoms with Gasteiger partial charge in [-0.2, -0.15) is 0 Å². The van der Waals surface area contributed by atoms with E-state index in [2.05, 4.69) is 219 Å². The smallest absolute Gasteiger partial charge is 0.159 e. The maximum absolute atomic E-state index is 7.04. The Bertz CT molecular complexity index is 3790. The summed E-state index contributed by atoms with van der Waals surface area (Å²) >= 11 is 0. The molecule has 13 rings (SSSR count). The Labute approximate surface area is 358 Å². The Morgan fingerprint density at radius 1 is 0.339 bits per heavy atom. The van der Waals surface area contributed by atoms with E-state index in [0.717, 1.165) is 93.6 Å². The Balaban J connectivity index is 1.02. The molecule has 0 N–H and O–H groups in total. The van der Waals surface area contributed by atoms with E-state index in [4.69, 9.17) is 8.83 Å². The van der Waals surface area contributed by atoms with Crippen molar-refractivity contribution in [1.29, 1.82) is 0 Å². The summed E-state index contributed by atoms with van der Waals surface area (Å²) in [6, 6.07) is 72.3. The largest absolute Gasteiger partial charge is 0.455 e. The van der Waals surface area contributed by atoms with Crippen LogP contribution in [-0.2, 0) is 5.41 Å². The Morgan fingerprint density at radius 2 is 0.855 bits per heavy atom. The van der Waals surface area contributed by atoms with Crippen LogP contribution in [0.3, 0.4) is 0 Å². The van der Waals surface area contributed by atoms with Crippen LogP contribution in [0.2, 0.25) is 0 Å². The van der Waals surface area contributed by atoms with Crippen molar-refractivity contribution in [2.75, 3.05) is 4.90 Å². The van der Waals surface area contributed by atoms with Crippen molar-refractivity contribution in [3.8, 4) is 33.4 Å². The predicted molar refractivity (Wildman–Crippen MR) is 259 cm³/mol. The highest BCUT2D eigenvalue weighted by atomic mass is 16.3. The molecule has 3 nitrogen and oxygen atoms in total. The van der Waals surface area contributed by atoms with Gasteiger partial charge in [0.25, 0.3) is 0 Å². The van der Waals surface area contributed by atoms with Crippen LogP contribution in [0.1, 0.15) is 25.0 Å². The summed E-state index contributed by atoms with van der Waals surface area (Å²) in [4.78, 5) is 2.37. The number of fused-ring (bicyclic) bond motifs is 13. The molecule has 62 heavy (non-hydrogen) atoms. The number of anilines is 3. The highest BCUT2D eigenvalue weighted by molar-refractivity contribution is 6.19. The first-order chi connectivity index (χ1) is 30.5. The number of rotatable bonds is 5. The maximum atomic E-state index is 7.04. The van der Waals surface area contributed by atoms with Crippen LogP contribution in [0.25, 0.3) is 98.8 Å². The molecular formula is C59H39NO2. The van der Waals surface area contributed by atoms with E-state index in [0.29, 0.717) is 0 Å². The molecule has 12 aromatic rings. The summed E-state index contributed by atoms with van der Waals surface area (Å²) < 4.78 is 14.0. The molecule has 0 unspecified atom stereocenters. The first-order valence-electron chi connectivity index (χ1n) is 21.4. The summed E-state index contributed by atoms with van der Waals surface area (Å²) in [6.07, 6.45) is 0. The van der Waals surface area contributed by atoms with Crippen LogP contribution in [0.5, 0.6) is 0 Å². The average Bonchev–Trinajstić information content (AvgIpc) is 3.98. The van der Waals surface area contributed by atoms with Crippen molar-refractivity contribution in [2.24, 2.45) is 0 Å². The van der Waals surface area contributed by atoms with E-state index in [1.807, 2.05) is 0 Å². The summed E-state index contributed by atoms with van der Waals surface area (Å²) in [7, 11) is 0. The van der Waals surface area contributed by atoms with Gasteiger partial charge >= 0.3 is 0 Å². The van der Waals surface area contributed by atoms with Gasteiger partial charge in [-0.25, -0.2) is 0 Å². The topological polar surface area (TPSA) is 29.5 Å². The monoisotopic (exact) mass is 793 g/mol. The third kappa shape index (κ3) is 5.00. The van der Waals surface area contributed by atoms with Gasteiger partial charge in [-0.15, -0.1) is 0 Å². The minimum atomic E-state index is -0.0351. The van der Waals surface area contributed by atoms with Crippen LogP contribution >= 0.6 is 0 Å². The second kappa shape index (κ2) is 13.1. The zero-order chi connectivity index (χ0) is 41.1. The van der Waals surface area contributed by atoms with Crippen LogP contribution in [0, 0.1) is 0 Å². The van der Waals surface area contributed by atoms with E-state index >= 15 is 0 Å². The lowest BCUT2D eigenvalue weighted by atomic mass is 9.82. The van der Waals surface area contributed by atoms with E-state index in [1.165, 1.54) is 33.4 Å². The first-order valence-corrected chi connectivity index (χ1v) is 21.4. The van der Waals surface area contributed by atoms with Crippen LogP contribution in [0.15, 0.2) is 209 Å². The van der Waals surface area contributed by atoms with Crippen molar-refractivity contribution in [2.45, 2.75) is 19.3 Å². The molecule has 2 aromatic heterocycles. The number of hydrogen-bond donors (Lipinski definition) is 0. The average molecular weight is 794 g/mol. The summed E-state index contributed by atoms with van der Waals surface area (Å²) in [5.41, 5.74) is 16.4. The molecule has 0 spiro atoms. The molecule has 2 heterocycles. The zero-order valence-corrected chi connectivity index (χ0v) is 34.3. The van der Waals surface area contributed by atoms with Gasteiger partial charge in [0.1, 0.15) is 16.7 Å². The zero-order valence-electron chi connectivity index (χ0n) is 34.3. The first kappa shape index (κ1) is 34.9. The molecule has 3 heteroatoms. The van der Waals surface area contributed by atoms with Gasteiger partial charge in [-0.1, -0.05) is 172 Å². The predicted octanol–water partition coefficient (Wildman–Crippen LogP) is 16.9. The molecule has 0 fully saturated rings. The summed E-state index contributed by atoms with van der Waals surface area (Å²) in [5, 5.41) is 8.93. The van der Waals surface area contributed by atoms with Crippen LogP contribution < -0.4 is 4.90 Å². The van der Waals surface area contributed by atoms with Crippen molar-refractivity contribution in [3.63, 3.8) is 0 Å². The fourth-order valence-electron chi connectivity index (χ4n) is 10.4. The Morgan fingerprint density at radius 3 is 1.60 bits per heavy atom. The molecule has 1 aliphatic rings. The van der Waals surface area contributed by atoms with Gasteiger partial charge in [-0.3, -0.25) is 0 Å². The molecule has 0 amide bonds. The van der Waals surface area contributed by atoms with Gasteiger partial charge in [0, 0.05) is 54.5 Å². The molecule has 292 valence electrons. The van der Waals surface area contributed by atoms with Crippen LogP contribution in [0.4, 0.5) is 17.1 Å². The molecule has 1 aliphatic carbocycles. The number of para-hydroxylation sites is 3. The van der Waals surface area contributed by atoms with Gasteiger partial charge in [0.15, 0.2) is 5.58 Å². The highest BCUT2D eigenvalue weighted by Crippen LogP contribution is 2.51. The lowest BCUT2D eigenvalue weighted by molar-refractivity contribution is 0.660. The standard InChI is InChI=1S/C59H39NO2/c1-59(2)51-22-9-7-17-43(51)50-35-39(29-34-52(50)59)36-25-30-40(31-26-36)60(54-24-12-21-47-49-33-28-38-14-4-6-16-42(38)56(49)62-58(47)54)53-23-10-8-18-44(53)45-19-11-20-46-48-32-27-37-13-3-5-15-41(37)55(48)61-57(45)46/h3-35H,1-2H3. The molecule has 0 saturated heterocycles. The van der Waals surface area contributed by atoms with Crippen molar-refractivity contribution in [1.82, 2.24) is 0 Å². The van der Waals surface area contributed by atoms with Gasteiger partial charge in [0.05, 0.1) is 11.4 Å². The van der Waals surface area contributed by atoms with Crippen LogP contribution in [-0.4, -0.2) is 0 Å². The fourth-order valence-corrected chi connectivity index (χ4v) is 10.4. The quantitative estimate of drug-likeness (QED) is 0.174. The molecular weight excluding hydrogens is 755 g/mol. The second-order valence-corrected chi connectivity index (χ2v) is 17.2. The van der Waals surface area contributed by atoms with Crippen molar-refractivity contribution < 1.29 is 8.83 Å². The summed E-state index contributed by atoms with van der Waals surface area (Å²) in [5.74, 6) is 0. The van der Waals surface area contributed by atoms with E-state index < -0.39 is 0 Å². The van der Waals surface area contributed by atoms with Crippen molar-refractivity contribution in [3.05, 3.63) is 211 Å². The third-order valence-corrected chi connectivity index (χ3v) is 13.5. The second-order valence-electron chi connectivity index (χ2n) is 17.2. The number of nitrogens with zero attached hydrogens (tertiary/aromatic N) is 1. The molecule has 0 atom stereocenters. The number of furan rings is 2. The van der Waals surface area contributed by atoms with E-state index in [-0.39, 0.29) is 5.41 Å². The van der Waals surface area contributed by atoms with E-state index in [9.17, 15) is 0 Å². The van der Waals surface area contributed by atoms with Gasteiger partial charge < -0.3 is 13.7 Å². The minimum absolute atomic E-state index is 0.0351. The van der Waals surface area contributed by atoms with Gasteiger partial charge in [0.2, 0.25) is 0 Å².